The van der Waals surface area contributed by atoms with Gasteiger partial charge in [0.2, 0.25) is 0 Å². The lowest BCUT2D eigenvalue weighted by Gasteiger charge is -1.89. The minimum absolute atomic E-state index is 0.205. The first kappa shape index (κ1) is 5.53. The van der Waals surface area contributed by atoms with Crippen molar-refractivity contribution in [1.29, 1.82) is 0 Å². The molecule has 2 N–H and O–H groups in total. The first-order chi connectivity index (χ1) is 4.77. The van der Waals surface area contributed by atoms with E-state index < -0.39 is 0 Å². The zero-order chi connectivity index (χ0) is 7.14. The fraction of sp³-hybridized carbons (Fsp3) is 0.286. The highest BCUT2D eigenvalue weighted by atomic mass is 16.1. The van der Waals surface area contributed by atoms with E-state index in [-0.39, 0.29) is 5.78 Å². The van der Waals surface area contributed by atoms with Crippen LogP contribution in [0, 0.1) is 0 Å². The van der Waals surface area contributed by atoms with Crippen molar-refractivity contribution in [3.63, 3.8) is 0 Å². The third-order valence-corrected chi connectivity index (χ3v) is 1.78. The molecule has 3 nitrogen and oxygen atoms in total. The Balaban J connectivity index is 2.59. The number of nitrogens with two attached hydrogens (primary N) is 1. The molecule has 0 atom stereocenters. The normalized spacial score (nSPS) is 15.8. The van der Waals surface area contributed by atoms with Crippen molar-refractivity contribution in [3.05, 3.63) is 18.0 Å². The van der Waals surface area contributed by atoms with E-state index in [1.807, 2.05) is 4.57 Å². The van der Waals surface area contributed by atoms with Crippen LogP contribution in [0.4, 0.5) is 5.69 Å². The van der Waals surface area contributed by atoms with E-state index in [4.69, 9.17) is 5.73 Å². The van der Waals surface area contributed by atoms with Crippen LogP contribution in [0.3, 0.4) is 0 Å². The van der Waals surface area contributed by atoms with Crippen molar-refractivity contribution >= 4 is 11.5 Å². The monoisotopic (exact) mass is 136 g/mol. The molecule has 1 aliphatic heterocycles. The molecule has 2 heterocycles. The lowest BCUT2D eigenvalue weighted by atomic mass is 10.2. The molecule has 0 aliphatic carbocycles. The SMILES string of the molecule is Nc1cc2n(c1)CCC2=O. The molecule has 1 aliphatic rings. The van der Waals surface area contributed by atoms with Gasteiger partial charge >= 0.3 is 0 Å². The third-order valence-electron chi connectivity index (χ3n) is 1.78. The Morgan fingerprint density at radius 3 is 3.10 bits per heavy atom. The number of Topliss-reactive ketones (excluding diaryl/α,β-unsaturated/α-hetero) is 1. The maximum atomic E-state index is 11.0. The van der Waals surface area contributed by atoms with Gasteiger partial charge in [-0.3, -0.25) is 4.79 Å². The van der Waals surface area contributed by atoms with Crippen LogP contribution in [0.25, 0.3) is 0 Å². The molecule has 52 valence electrons. The number of nitrogen functional groups attached to an aromatic ring is 1. The topological polar surface area (TPSA) is 48.0 Å². The third kappa shape index (κ3) is 0.572. The van der Waals surface area contributed by atoms with Gasteiger partial charge in [-0.05, 0) is 6.07 Å². The largest absolute Gasteiger partial charge is 0.397 e. The molecule has 0 radical (unpaired) electrons. The molecule has 10 heavy (non-hydrogen) atoms. The molecule has 0 fully saturated rings. The molecule has 0 saturated heterocycles. The minimum atomic E-state index is 0.205. The second-order valence-electron chi connectivity index (χ2n) is 2.53. The molecule has 1 aromatic heterocycles. The maximum absolute atomic E-state index is 11.0. The summed E-state index contributed by atoms with van der Waals surface area (Å²) in [6.07, 6.45) is 2.44. The second-order valence-corrected chi connectivity index (χ2v) is 2.53. The van der Waals surface area contributed by atoms with E-state index >= 15 is 0 Å². The van der Waals surface area contributed by atoms with E-state index in [9.17, 15) is 4.79 Å². The molecular weight excluding hydrogens is 128 g/mol. The number of rotatable bonds is 0. The maximum Gasteiger partial charge on any atom is 0.181 e. The Hall–Kier alpha value is -1.25. The van der Waals surface area contributed by atoms with Crippen molar-refractivity contribution in [2.75, 3.05) is 5.73 Å². The number of hydrogen-bond acceptors (Lipinski definition) is 2. The molecule has 0 unspecified atom stereocenters. The molecule has 1 aromatic rings. The van der Waals surface area contributed by atoms with Crippen LogP contribution in [0.5, 0.6) is 0 Å². The number of aryl methyl sites for hydroxylation is 1. The average molecular weight is 136 g/mol. The average Bonchev–Trinajstić information content (AvgIpc) is 2.35. The summed E-state index contributed by atoms with van der Waals surface area (Å²) >= 11 is 0. The van der Waals surface area contributed by atoms with Gasteiger partial charge in [-0.1, -0.05) is 0 Å². The molecule has 0 bridgehead atoms. The van der Waals surface area contributed by atoms with Crippen LogP contribution in [-0.2, 0) is 6.54 Å². The number of carbonyl (C=O) groups excluding carboxylic acids is 1. The number of aromatic nitrogens is 1. The Kier molecular flexibility index (Phi) is 0.897. The molecule has 0 amide bonds. The lowest BCUT2D eigenvalue weighted by molar-refractivity contribution is 0.0994. The molecule has 3 heteroatoms. The van der Waals surface area contributed by atoms with Gasteiger partial charge in [-0.2, -0.15) is 0 Å². The first-order valence-corrected chi connectivity index (χ1v) is 3.26. The predicted molar refractivity (Wildman–Crippen MR) is 37.8 cm³/mol. The quantitative estimate of drug-likeness (QED) is 0.569. The number of carbonyl (C=O) groups is 1. The van der Waals surface area contributed by atoms with E-state index in [2.05, 4.69) is 0 Å². The van der Waals surface area contributed by atoms with Gasteiger partial charge < -0.3 is 10.3 Å². The zero-order valence-electron chi connectivity index (χ0n) is 5.50. The molecule has 0 aromatic carbocycles. The van der Waals surface area contributed by atoms with Gasteiger partial charge in [0.05, 0.1) is 11.4 Å². The van der Waals surface area contributed by atoms with Gasteiger partial charge in [0, 0.05) is 19.2 Å². The molecule has 0 saturated carbocycles. The summed E-state index contributed by atoms with van der Waals surface area (Å²) in [6, 6.07) is 1.73. The highest BCUT2D eigenvalue weighted by Crippen LogP contribution is 2.18. The van der Waals surface area contributed by atoms with E-state index in [1.54, 1.807) is 12.3 Å². The van der Waals surface area contributed by atoms with Crippen LogP contribution >= 0.6 is 0 Å². The van der Waals surface area contributed by atoms with Crippen LogP contribution < -0.4 is 5.73 Å². The van der Waals surface area contributed by atoms with E-state index in [1.165, 1.54) is 0 Å². The van der Waals surface area contributed by atoms with Gasteiger partial charge in [-0.15, -0.1) is 0 Å². The summed E-state index contributed by atoms with van der Waals surface area (Å²) < 4.78 is 1.90. The lowest BCUT2D eigenvalue weighted by Crippen LogP contribution is -1.90. The summed E-state index contributed by atoms with van der Waals surface area (Å²) in [5.74, 6) is 0.205. The molecule has 2 rings (SSSR count). The van der Waals surface area contributed by atoms with E-state index in [0.29, 0.717) is 12.1 Å². The second kappa shape index (κ2) is 1.62. The van der Waals surface area contributed by atoms with Crippen LogP contribution in [0.15, 0.2) is 12.3 Å². The number of nitrogens with zero attached hydrogens (tertiary/aromatic N) is 1. The fourth-order valence-electron chi connectivity index (χ4n) is 1.30. The zero-order valence-corrected chi connectivity index (χ0v) is 5.50. The Bertz CT molecular complexity index is 288. The van der Waals surface area contributed by atoms with Crippen molar-refractivity contribution in [3.8, 4) is 0 Å². The molecule has 0 spiro atoms. The minimum Gasteiger partial charge on any atom is -0.397 e. The Morgan fingerprint density at radius 2 is 2.40 bits per heavy atom. The van der Waals surface area contributed by atoms with Crippen LogP contribution in [-0.4, -0.2) is 10.4 Å². The van der Waals surface area contributed by atoms with Gasteiger partial charge in [0.25, 0.3) is 0 Å². The Labute approximate surface area is 58.4 Å². The van der Waals surface area contributed by atoms with Gasteiger partial charge in [0.15, 0.2) is 5.78 Å². The van der Waals surface area contributed by atoms with Crippen molar-refractivity contribution in [2.24, 2.45) is 0 Å². The summed E-state index contributed by atoms with van der Waals surface area (Å²) in [4.78, 5) is 11.0. The first-order valence-electron chi connectivity index (χ1n) is 3.26. The van der Waals surface area contributed by atoms with Crippen molar-refractivity contribution in [2.45, 2.75) is 13.0 Å². The van der Waals surface area contributed by atoms with Gasteiger partial charge in [0.1, 0.15) is 0 Å². The summed E-state index contributed by atoms with van der Waals surface area (Å²) in [7, 11) is 0. The highest BCUT2D eigenvalue weighted by Gasteiger charge is 2.18. The summed E-state index contributed by atoms with van der Waals surface area (Å²) in [5, 5.41) is 0. The predicted octanol–water partition coefficient (Wildman–Crippen LogP) is 0.657. The smallest absolute Gasteiger partial charge is 0.181 e. The van der Waals surface area contributed by atoms with Crippen LogP contribution in [0.2, 0.25) is 0 Å². The summed E-state index contributed by atoms with van der Waals surface area (Å²) in [5.41, 5.74) is 6.92. The number of hydrogen-bond donors (Lipinski definition) is 1. The number of anilines is 1. The molecular formula is C7H8N2O. The number of ketones is 1. The van der Waals surface area contributed by atoms with Crippen molar-refractivity contribution < 1.29 is 4.79 Å². The Morgan fingerprint density at radius 1 is 1.60 bits per heavy atom. The van der Waals surface area contributed by atoms with Gasteiger partial charge in [-0.25, -0.2) is 0 Å². The highest BCUT2D eigenvalue weighted by molar-refractivity contribution is 5.97. The van der Waals surface area contributed by atoms with E-state index in [0.717, 1.165) is 12.2 Å². The number of fused-ring (bicyclic) bond motifs is 1. The van der Waals surface area contributed by atoms with Crippen molar-refractivity contribution in [1.82, 2.24) is 4.57 Å². The standard InChI is InChI=1S/C7H8N2O/c8-5-3-6-7(10)1-2-9(6)4-5/h3-4H,1-2,8H2. The summed E-state index contributed by atoms with van der Waals surface area (Å²) in [6.45, 7) is 0.797. The fourth-order valence-corrected chi connectivity index (χ4v) is 1.30. The van der Waals surface area contributed by atoms with Crippen LogP contribution in [0.1, 0.15) is 16.9 Å².